The van der Waals surface area contributed by atoms with E-state index in [0.29, 0.717) is 17.2 Å². The van der Waals surface area contributed by atoms with Crippen molar-refractivity contribution < 1.29 is 19.1 Å². The summed E-state index contributed by atoms with van der Waals surface area (Å²) in [5, 5.41) is 13.2. The Hall–Kier alpha value is -4.08. The van der Waals surface area contributed by atoms with Gasteiger partial charge in [0.05, 0.1) is 0 Å². The number of amides is 2. The molecule has 10 heteroatoms. The molecular weight excluding hydrogens is 388 g/mol. The van der Waals surface area contributed by atoms with Crippen LogP contribution in [0.15, 0.2) is 42.5 Å². The number of nitrogens with one attached hydrogen (secondary N) is 2. The predicted molar refractivity (Wildman–Crippen MR) is 108 cm³/mol. The number of nitrogens with two attached hydrogens (primary N) is 1. The summed E-state index contributed by atoms with van der Waals surface area (Å²) in [5.74, 6) is 0.496. The van der Waals surface area contributed by atoms with Crippen LogP contribution in [0, 0.1) is 6.92 Å². The standard InChI is InChI=1S/C20H20N6O4/c1-12-4-2-3-5-14(12)23-17(27)10-26-19(21)18(24-25-26)20(28)22-9-13-6-7-15-16(8-13)30-11-29-15/h2-8H,9-11,21H2,1H3,(H,22,28)(H,23,27). The van der Waals surface area contributed by atoms with Gasteiger partial charge < -0.3 is 25.8 Å². The van der Waals surface area contributed by atoms with Gasteiger partial charge in [0.15, 0.2) is 23.0 Å². The minimum atomic E-state index is -0.490. The van der Waals surface area contributed by atoms with Gasteiger partial charge in [-0.25, -0.2) is 4.68 Å². The van der Waals surface area contributed by atoms with Crippen molar-refractivity contribution in [1.82, 2.24) is 20.3 Å². The summed E-state index contributed by atoms with van der Waals surface area (Å²) < 4.78 is 11.8. The number of aryl methyl sites for hydroxylation is 1. The lowest BCUT2D eigenvalue weighted by molar-refractivity contribution is -0.116. The molecule has 0 spiro atoms. The maximum absolute atomic E-state index is 12.4. The number of rotatable bonds is 6. The summed E-state index contributed by atoms with van der Waals surface area (Å²) in [4.78, 5) is 24.7. The highest BCUT2D eigenvalue weighted by molar-refractivity contribution is 5.97. The molecule has 30 heavy (non-hydrogen) atoms. The van der Waals surface area contributed by atoms with Crippen LogP contribution in [0.3, 0.4) is 0 Å². The first kappa shape index (κ1) is 19.2. The molecule has 4 N–H and O–H groups in total. The largest absolute Gasteiger partial charge is 0.454 e. The molecule has 0 saturated heterocycles. The topological polar surface area (TPSA) is 133 Å². The molecule has 2 heterocycles. The van der Waals surface area contributed by atoms with Crippen LogP contribution in [0.25, 0.3) is 0 Å². The number of carbonyl (C=O) groups is 2. The van der Waals surface area contributed by atoms with Gasteiger partial charge in [0, 0.05) is 12.2 Å². The molecule has 0 atom stereocenters. The van der Waals surface area contributed by atoms with Crippen LogP contribution in [-0.4, -0.2) is 33.6 Å². The summed E-state index contributed by atoms with van der Waals surface area (Å²) in [6.07, 6.45) is 0. The molecule has 1 aromatic heterocycles. The van der Waals surface area contributed by atoms with E-state index in [1.807, 2.05) is 31.2 Å². The molecule has 4 rings (SSSR count). The Morgan fingerprint density at radius 3 is 2.80 bits per heavy atom. The molecule has 0 aliphatic carbocycles. The Morgan fingerprint density at radius 1 is 1.17 bits per heavy atom. The number of carbonyl (C=O) groups excluding carboxylic acids is 2. The number of ether oxygens (including phenoxy) is 2. The van der Waals surface area contributed by atoms with Crippen LogP contribution in [0.2, 0.25) is 0 Å². The summed E-state index contributed by atoms with van der Waals surface area (Å²) in [5.41, 5.74) is 8.40. The molecule has 0 fully saturated rings. The highest BCUT2D eigenvalue weighted by Gasteiger charge is 2.19. The van der Waals surface area contributed by atoms with Gasteiger partial charge in [-0.15, -0.1) is 5.10 Å². The van der Waals surface area contributed by atoms with Gasteiger partial charge in [-0.3, -0.25) is 9.59 Å². The van der Waals surface area contributed by atoms with E-state index in [1.54, 1.807) is 18.2 Å². The highest BCUT2D eigenvalue weighted by atomic mass is 16.7. The van der Waals surface area contributed by atoms with Gasteiger partial charge in [-0.2, -0.15) is 0 Å². The van der Waals surface area contributed by atoms with Crippen molar-refractivity contribution in [3.63, 3.8) is 0 Å². The van der Waals surface area contributed by atoms with E-state index in [1.165, 1.54) is 4.68 Å². The summed E-state index contributed by atoms with van der Waals surface area (Å²) in [6.45, 7) is 2.16. The van der Waals surface area contributed by atoms with Crippen molar-refractivity contribution in [2.45, 2.75) is 20.0 Å². The molecule has 0 radical (unpaired) electrons. The third kappa shape index (κ3) is 4.02. The second kappa shape index (κ2) is 8.11. The minimum absolute atomic E-state index is 0.0121. The van der Waals surface area contributed by atoms with Crippen LogP contribution < -0.4 is 25.8 Å². The zero-order valence-electron chi connectivity index (χ0n) is 16.2. The van der Waals surface area contributed by atoms with E-state index >= 15 is 0 Å². The first-order valence-corrected chi connectivity index (χ1v) is 9.22. The Kier molecular flexibility index (Phi) is 5.21. The molecule has 1 aliphatic rings. The fourth-order valence-corrected chi connectivity index (χ4v) is 2.95. The second-order valence-corrected chi connectivity index (χ2v) is 6.71. The molecule has 2 aromatic carbocycles. The van der Waals surface area contributed by atoms with Crippen molar-refractivity contribution in [2.24, 2.45) is 0 Å². The Balaban J connectivity index is 1.37. The van der Waals surface area contributed by atoms with E-state index < -0.39 is 5.91 Å². The Labute approximate surface area is 172 Å². The minimum Gasteiger partial charge on any atom is -0.454 e. The maximum Gasteiger partial charge on any atom is 0.275 e. The zero-order chi connectivity index (χ0) is 21.1. The number of anilines is 2. The number of hydrogen-bond acceptors (Lipinski definition) is 7. The quantitative estimate of drug-likeness (QED) is 0.562. The lowest BCUT2D eigenvalue weighted by Crippen LogP contribution is -2.25. The SMILES string of the molecule is Cc1ccccc1NC(=O)Cn1nnc(C(=O)NCc2ccc3c(c2)OCO3)c1N. The van der Waals surface area contributed by atoms with Gasteiger partial charge in [0.2, 0.25) is 12.7 Å². The van der Waals surface area contributed by atoms with Crippen molar-refractivity contribution >= 4 is 23.3 Å². The number of para-hydroxylation sites is 1. The highest BCUT2D eigenvalue weighted by Crippen LogP contribution is 2.32. The van der Waals surface area contributed by atoms with E-state index in [-0.39, 0.29) is 37.3 Å². The van der Waals surface area contributed by atoms with Crippen LogP contribution in [0.4, 0.5) is 11.5 Å². The average molecular weight is 408 g/mol. The van der Waals surface area contributed by atoms with Crippen molar-refractivity contribution in [3.05, 3.63) is 59.3 Å². The molecule has 154 valence electrons. The fourth-order valence-electron chi connectivity index (χ4n) is 2.95. The summed E-state index contributed by atoms with van der Waals surface area (Å²) in [6, 6.07) is 12.8. The van der Waals surface area contributed by atoms with Crippen LogP contribution in [-0.2, 0) is 17.9 Å². The van der Waals surface area contributed by atoms with Gasteiger partial charge in [0.1, 0.15) is 6.54 Å². The van der Waals surface area contributed by atoms with Crippen molar-refractivity contribution in [1.29, 1.82) is 0 Å². The lowest BCUT2D eigenvalue weighted by atomic mass is 10.2. The second-order valence-electron chi connectivity index (χ2n) is 6.71. The first-order chi connectivity index (χ1) is 14.5. The number of nitrogen functional groups attached to an aromatic ring is 1. The van der Waals surface area contributed by atoms with Gasteiger partial charge in [-0.05, 0) is 36.2 Å². The monoisotopic (exact) mass is 408 g/mol. The molecule has 3 aromatic rings. The summed E-state index contributed by atoms with van der Waals surface area (Å²) in [7, 11) is 0. The maximum atomic E-state index is 12.4. The van der Waals surface area contributed by atoms with Crippen LogP contribution >= 0.6 is 0 Å². The molecular formula is C20H20N6O4. The molecule has 0 unspecified atom stereocenters. The smallest absolute Gasteiger partial charge is 0.275 e. The van der Waals surface area contributed by atoms with Gasteiger partial charge >= 0.3 is 0 Å². The summed E-state index contributed by atoms with van der Waals surface area (Å²) >= 11 is 0. The number of fused-ring (bicyclic) bond motifs is 1. The van der Waals surface area contributed by atoms with Crippen molar-refractivity contribution in [3.8, 4) is 11.5 Å². The third-order valence-electron chi connectivity index (χ3n) is 4.59. The number of benzene rings is 2. The van der Waals surface area contributed by atoms with E-state index in [9.17, 15) is 9.59 Å². The molecule has 0 saturated carbocycles. The van der Waals surface area contributed by atoms with Crippen LogP contribution in [0.1, 0.15) is 21.6 Å². The van der Waals surface area contributed by atoms with Crippen molar-refractivity contribution in [2.75, 3.05) is 17.8 Å². The number of nitrogens with zero attached hydrogens (tertiary/aromatic N) is 3. The van der Waals surface area contributed by atoms with Crippen LogP contribution in [0.5, 0.6) is 11.5 Å². The van der Waals surface area contributed by atoms with E-state index in [4.69, 9.17) is 15.2 Å². The Morgan fingerprint density at radius 2 is 1.97 bits per heavy atom. The molecule has 2 amide bonds. The zero-order valence-corrected chi connectivity index (χ0v) is 16.2. The van der Waals surface area contributed by atoms with Gasteiger partial charge in [0.25, 0.3) is 5.91 Å². The Bertz CT molecular complexity index is 1110. The van der Waals surface area contributed by atoms with Gasteiger partial charge in [-0.1, -0.05) is 29.5 Å². The number of hydrogen-bond donors (Lipinski definition) is 3. The fraction of sp³-hybridized carbons (Fsp3) is 0.200. The van der Waals surface area contributed by atoms with E-state index in [2.05, 4.69) is 20.9 Å². The predicted octanol–water partition coefficient (Wildman–Crippen LogP) is 1.47. The van der Waals surface area contributed by atoms with E-state index in [0.717, 1.165) is 11.1 Å². The average Bonchev–Trinajstić information content (AvgIpc) is 3.34. The number of aromatic nitrogens is 3. The molecule has 10 nitrogen and oxygen atoms in total. The normalized spacial score (nSPS) is 11.9. The third-order valence-corrected chi connectivity index (χ3v) is 4.59. The molecule has 1 aliphatic heterocycles. The first-order valence-electron chi connectivity index (χ1n) is 9.22. The lowest BCUT2D eigenvalue weighted by Gasteiger charge is -2.08. The molecule has 0 bridgehead atoms.